The number of carbonyl (C=O) groups is 1. The Kier molecular flexibility index (Phi) is 4.19. The number of rotatable bonds is 2. The van der Waals surface area contributed by atoms with Crippen LogP contribution in [0.5, 0.6) is 0 Å². The van der Waals surface area contributed by atoms with E-state index in [1.807, 2.05) is 6.07 Å². The zero-order valence-electron chi connectivity index (χ0n) is 9.87. The minimum absolute atomic E-state index is 0.0109. The van der Waals surface area contributed by atoms with Gasteiger partial charge < -0.3 is 10.6 Å². The van der Waals surface area contributed by atoms with E-state index in [4.69, 9.17) is 16.9 Å². The van der Waals surface area contributed by atoms with E-state index in [2.05, 4.69) is 10.6 Å². The first-order chi connectivity index (χ1) is 8.70. The van der Waals surface area contributed by atoms with Crippen LogP contribution in [0.1, 0.15) is 18.4 Å². The van der Waals surface area contributed by atoms with Gasteiger partial charge in [-0.2, -0.15) is 5.26 Å². The van der Waals surface area contributed by atoms with Crippen LogP contribution in [0.2, 0.25) is 5.02 Å². The Labute approximate surface area is 111 Å². The van der Waals surface area contributed by atoms with Crippen LogP contribution in [-0.2, 0) is 4.79 Å². The lowest BCUT2D eigenvalue weighted by atomic mass is 9.97. The van der Waals surface area contributed by atoms with Crippen molar-refractivity contribution < 1.29 is 4.79 Å². The van der Waals surface area contributed by atoms with Crippen molar-refractivity contribution in [2.24, 2.45) is 5.92 Å². The third-order valence-corrected chi connectivity index (χ3v) is 3.30. The van der Waals surface area contributed by atoms with Crippen molar-refractivity contribution in [2.75, 3.05) is 18.4 Å². The van der Waals surface area contributed by atoms with Gasteiger partial charge in [0.25, 0.3) is 0 Å². The molecule has 1 fully saturated rings. The smallest absolute Gasteiger partial charge is 0.227 e. The van der Waals surface area contributed by atoms with Gasteiger partial charge in [-0.05, 0) is 44.1 Å². The van der Waals surface area contributed by atoms with Crippen LogP contribution < -0.4 is 10.6 Å². The Balaban J connectivity index is 2.11. The first-order valence-electron chi connectivity index (χ1n) is 5.92. The summed E-state index contributed by atoms with van der Waals surface area (Å²) in [6.45, 7) is 1.72. The first kappa shape index (κ1) is 12.9. The summed E-state index contributed by atoms with van der Waals surface area (Å²) >= 11 is 5.87. The number of amides is 1. The van der Waals surface area contributed by atoms with E-state index in [9.17, 15) is 4.79 Å². The molecule has 0 unspecified atom stereocenters. The molecule has 0 radical (unpaired) electrons. The van der Waals surface area contributed by atoms with Crippen molar-refractivity contribution in [3.05, 3.63) is 28.8 Å². The second-order valence-electron chi connectivity index (χ2n) is 4.32. The Morgan fingerprint density at radius 1 is 1.44 bits per heavy atom. The van der Waals surface area contributed by atoms with Crippen molar-refractivity contribution in [1.29, 1.82) is 5.26 Å². The maximum Gasteiger partial charge on any atom is 0.227 e. The fraction of sp³-hybridized carbons (Fsp3) is 0.385. The molecule has 94 valence electrons. The van der Waals surface area contributed by atoms with Gasteiger partial charge in [0.15, 0.2) is 0 Å². The molecule has 5 heteroatoms. The van der Waals surface area contributed by atoms with E-state index in [1.54, 1.807) is 18.2 Å². The molecule has 0 atom stereocenters. The molecule has 1 heterocycles. The second kappa shape index (κ2) is 5.85. The number of anilines is 1. The molecule has 0 aliphatic carbocycles. The number of halogens is 1. The molecule has 1 aromatic carbocycles. The average Bonchev–Trinajstić information content (AvgIpc) is 2.40. The highest BCUT2D eigenvalue weighted by Crippen LogP contribution is 2.22. The van der Waals surface area contributed by atoms with Crippen molar-refractivity contribution >= 4 is 23.2 Å². The highest BCUT2D eigenvalue weighted by molar-refractivity contribution is 6.31. The first-order valence-corrected chi connectivity index (χ1v) is 6.29. The Morgan fingerprint density at radius 2 is 2.17 bits per heavy atom. The van der Waals surface area contributed by atoms with Crippen LogP contribution >= 0.6 is 11.6 Å². The fourth-order valence-electron chi connectivity index (χ4n) is 2.04. The summed E-state index contributed by atoms with van der Waals surface area (Å²) in [6, 6.07) is 6.91. The molecule has 0 spiro atoms. The van der Waals surface area contributed by atoms with Crippen LogP contribution in [0.15, 0.2) is 18.2 Å². The monoisotopic (exact) mass is 263 g/mol. The van der Waals surface area contributed by atoms with Gasteiger partial charge >= 0.3 is 0 Å². The summed E-state index contributed by atoms with van der Waals surface area (Å²) < 4.78 is 0. The summed E-state index contributed by atoms with van der Waals surface area (Å²) in [4.78, 5) is 12.1. The van der Waals surface area contributed by atoms with E-state index in [0.29, 0.717) is 16.3 Å². The Morgan fingerprint density at radius 3 is 2.83 bits per heavy atom. The fourth-order valence-corrected chi connectivity index (χ4v) is 2.21. The van der Waals surface area contributed by atoms with Crippen LogP contribution in [0, 0.1) is 17.2 Å². The Hall–Kier alpha value is -1.57. The number of carbonyl (C=O) groups excluding carboxylic acids is 1. The number of nitrogens with zero attached hydrogens (tertiary/aromatic N) is 1. The number of hydrogen-bond donors (Lipinski definition) is 2. The van der Waals surface area contributed by atoms with Crippen LogP contribution in [0.3, 0.4) is 0 Å². The lowest BCUT2D eigenvalue weighted by Gasteiger charge is -2.22. The van der Waals surface area contributed by atoms with Crippen molar-refractivity contribution in [1.82, 2.24) is 5.32 Å². The summed E-state index contributed by atoms with van der Waals surface area (Å²) in [5.41, 5.74) is 0.926. The van der Waals surface area contributed by atoms with E-state index in [-0.39, 0.29) is 11.8 Å². The number of nitrogens with one attached hydrogen (secondary N) is 2. The number of nitriles is 1. The van der Waals surface area contributed by atoms with Gasteiger partial charge in [0.2, 0.25) is 5.91 Å². The third kappa shape index (κ3) is 3.00. The van der Waals surface area contributed by atoms with E-state index in [0.717, 1.165) is 25.9 Å². The normalized spacial score (nSPS) is 16.0. The van der Waals surface area contributed by atoms with Gasteiger partial charge in [0, 0.05) is 10.9 Å². The molecule has 0 saturated carbocycles. The van der Waals surface area contributed by atoms with Gasteiger partial charge in [-0.25, -0.2) is 0 Å². The molecule has 1 saturated heterocycles. The summed E-state index contributed by atoms with van der Waals surface area (Å²) in [5.74, 6) is -0.0213. The molecule has 2 N–H and O–H groups in total. The van der Waals surface area contributed by atoms with Crippen LogP contribution in [-0.4, -0.2) is 19.0 Å². The van der Waals surface area contributed by atoms with E-state index in [1.165, 1.54) is 0 Å². The molecule has 18 heavy (non-hydrogen) atoms. The maximum absolute atomic E-state index is 12.1. The molecule has 2 rings (SSSR count). The zero-order chi connectivity index (χ0) is 13.0. The average molecular weight is 264 g/mol. The largest absolute Gasteiger partial charge is 0.325 e. The highest BCUT2D eigenvalue weighted by atomic mass is 35.5. The molecule has 0 bridgehead atoms. The van der Waals surface area contributed by atoms with Crippen molar-refractivity contribution in [3.8, 4) is 6.07 Å². The molecule has 4 nitrogen and oxygen atoms in total. The maximum atomic E-state index is 12.1. The summed E-state index contributed by atoms with van der Waals surface area (Å²) in [7, 11) is 0. The minimum Gasteiger partial charge on any atom is -0.325 e. The zero-order valence-corrected chi connectivity index (χ0v) is 10.6. The van der Waals surface area contributed by atoms with Crippen molar-refractivity contribution in [2.45, 2.75) is 12.8 Å². The standard InChI is InChI=1S/C13H14ClN3O/c14-11-2-1-10(8-15)12(7-11)17-13(18)9-3-5-16-6-4-9/h1-2,7,9,16H,3-6H2,(H,17,18). The van der Waals surface area contributed by atoms with Crippen LogP contribution in [0.4, 0.5) is 5.69 Å². The number of hydrogen-bond acceptors (Lipinski definition) is 3. The van der Waals surface area contributed by atoms with Gasteiger partial charge in [0.05, 0.1) is 11.3 Å². The third-order valence-electron chi connectivity index (χ3n) is 3.07. The number of piperidine rings is 1. The van der Waals surface area contributed by atoms with Gasteiger partial charge in [0.1, 0.15) is 6.07 Å². The van der Waals surface area contributed by atoms with Crippen LogP contribution in [0.25, 0.3) is 0 Å². The highest BCUT2D eigenvalue weighted by Gasteiger charge is 2.21. The van der Waals surface area contributed by atoms with Gasteiger partial charge in [-0.15, -0.1) is 0 Å². The molecular weight excluding hydrogens is 250 g/mol. The molecule has 0 aromatic heterocycles. The summed E-state index contributed by atoms with van der Waals surface area (Å²) in [5, 5.41) is 15.5. The molecule has 1 amide bonds. The predicted molar refractivity (Wildman–Crippen MR) is 70.4 cm³/mol. The molecule has 1 aliphatic heterocycles. The lowest BCUT2D eigenvalue weighted by Crippen LogP contribution is -2.34. The van der Waals surface area contributed by atoms with Gasteiger partial charge in [-0.3, -0.25) is 4.79 Å². The Bertz CT molecular complexity index is 489. The quantitative estimate of drug-likeness (QED) is 0.859. The van der Waals surface area contributed by atoms with E-state index >= 15 is 0 Å². The number of benzene rings is 1. The molecule has 1 aromatic rings. The SMILES string of the molecule is N#Cc1ccc(Cl)cc1NC(=O)C1CCNCC1. The van der Waals surface area contributed by atoms with Gasteiger partial charge in [-0.1, -0.05) is 11.6 Å². The second-order valence-corrected chi connectivity index (χ2v) is 4.75. The van der Waals surface area contributed by atoms with E-state index < -0.39 is 0 Å². The minimum atomic E-state index is -0.0322. The predicted octanol–water partition coefficient (Wildman–Crippen LogP) is 2.15. The van der Waals surface area contributed by atoms with Crippen molar-refractivity contribution in [3.63, 3.8) is 0 Å². The summed E-state index contributed by atoms with van der Waals surface area (Å²) in [6.07, 6.45) is 1.66. The molecule has 1 aliphatic rings. The molecular formula is C13H14ClN3O. The topological polar surface area (TPSA) is 64.9 Å². The lowest BCUT2D eigenvalue weighted by molar-refractivity contribution is -0.120.